The van der Waals surface area contributed by atoms with Crippen molar-refractivity contribution in [1.82, 2.24) is 0 Å². The van der Waals surface area contributed by atoms with Crippen LogP contribution in [-0.2, 0) is 4.43 Å². The van der Waals surface area contributed by atoms with Crippen LogP contribution in [0.4, 0.5) is 0 Å². The van der Waals surface area contributed by atoms with Crippen molar-refractivity contribution in [2.24, 2.45) is 0 Å². The zero-order chi connectivity index (χ0) is 9.83. The zero-order valence-electron chi connectivity index (χ0n) is 9.53. The van der Waals surface area contributed by atoms with Crippen LogP contribution in [0.2, 0.25) is 23.2 Å². The predicted molar refractivity (Wildman–Crippen MR) is 58.3 cm³/mol. The molecule has 0 N–H and O–H groups in total. The van der Waals surface area contributed by atoms with E-state index in [1.807, 2.05) is 0 Å². The van der Waals surface area contributed by atoms with Gasteiger partial charge in [-0.1, -0.05) is 0 Å². The molecule has 0 heterocycles. The molecule has 0 atom stereocenters. The van der Waals surface area contributed by atoms with Gasteiger partial charge in [0.05, 0.1) is 0 Å². The van der Waals surface area contributed by atoms with Crippen LogP contribution in [-0.4, -0.2) is 32.6 Å². The first kappa shape index (κ1) is 12.8. The molecule has 3 heteroatoms. The molecule has 0 saturated carbocycles. The van der Waals surface area contributed by atoms with Gasteiger partial charge in [0, 0.05) is 0 Å². The Morgan fingerprint density at radius 1 is 1.25 bits per heavy atom. The molecule has 0 aliphatic carbocycles. The molecule has 0 aromatic rings. The summed E-state index contributed by atoms with van der Waals surface area (Å²) in [5, 5.41) is 1.59. The van der Waals surface area contributed by atoms with E-state index in [1.54, 1.807) is 0 Å². The molecule has 0 amide bonds. The van der Waals surface area contributed by atoms with Gasteiger partial charge in [-0.3, -0.25) is 0 Å². The zero-order valence-corrected chi connectivity index (χ0v) is 10.5. The molecule has 1 nitrogen and oxygen atoms in total. The van der Waals surface area contributed by atoms with Gasteiger partial charge in [-0.05, 0) is 0 Å². The molecular weight excluding hydrogens is 159 g/mol. The fourth-order valence-corrected chi connectivity index (χ4v) is 1.78. The van der Waals surface area contributed by atoms with Gasteiger partial charge in [0.2, 0.25) is 0 Å². The third-order valence-electron chi connectivity index (χ3n) is 2.77. The molecule has 0 rings (SSSR count). The Bertz CT molecular complexity index is 129. The second-order valence-corrected chi connectivity index (χ2v) is 9.77. The molecule has 0 aromatic carbocycles. The van der Waals surface area contributed by atoms with E-state index in [9.17, 15) is 0 Å². The normalized spacial score (nSPS) is 13.6. The van der Waals surface area contributed by atoms with Crippen LogP contribution in [0.15, 0.2) is 0 Å². The van der Waals surface area contributed by atoms with Crippen LogP contribution in [0, 0.1) is 0 Å². The van der Waals surface area contributed by atoms with Gasteiger partial charge in [-0.25, -0.2) is 0 Å². The van der Waals surface area contributed by atoms with Crippen LogP contribution in [0.25, 0.3) is 0 Å². The van der Waals surface area contributed by atoms with Crippen molar-refractivity contribution < 1.29 is 4.43 Å². The maximum atomic E-state index is 5.97. The summed E-state index contributed by atoms with van der Waals surface area (Å²) in [5.41, 5.74) is 0. The van der Waals surface area contributed by atoms with Crippen molar-refractivity contribution in [2.75, 3.05) is 6.61 Å². The number of rotatable bonds is 4. The number of hydrogen-bond acceptors (Lipinski definition) is 1. The third kappa shape index (κ3) is 4.14. The third-order valence-corrected chi connectivity index (χ3v) is 7.31. The summed E-state index contributed by atoms with van der Waals surface area (Å²) >= 11 is 2.20. The first-order valence-electron chi connectivity index (χ1n) is 4.95. The Hall–Kier alpha value is 0.774. The molecule has 0 bridgehead atoms. The second kappa shape index (κ2) is 4.86. The van der Waals surface area contributed by atoms with Crippen LogP contribution in [0.1, 0.15) is 27.2 Å². The van der Waals surface area contributed by atoms with Gasteiger partial charge < -0.3 is 0 Å². The quantitative estimate of drug-likeness (QED) is 0.477. The molecule has 68 valence electrons. The van der Waals surface area contributed by atoms with E-state index in [-0.39, 0.29) is 0 Å². The second-order valence-electron chi connectivity index (χ2n) is 4.96. The molecule has 0 aliphatic heterocycles. The Morgan fingerprint density at radius 3 is 2.08 bits per heavy atom. The Kier molecular flexibility index (Phi) is 5.17. The van der Waals surface area contributed by atoms with Crippen molar-refractivity contribution in [1.29, 1.82) is 0 Å². The van der Waals surface area contributed by atoms with Crippen molar-refractivity contribution >= 4 is 26.0 Å². The van der Waals surface area contributed by atoms with E-state index >= 15 is 0 Å². The average molecular weight is 180 g/mol. The Labute approximate surface area is 87.6 Å². The van der Waals surface area contributed by atoms with Crippen molar-refractivity contribution in [3.05, 3.63) is 0 Å². The first-order valence-corrected chi connectivity index (χ1v) is 7.86. The summed E-state index contributed by atoms with van der Waals surface area (Å²) in [6, 6.07) is 0. The van der Waals surface area contributed by atoms with Gasteiger partial charge in [0.15, 0.2) is 0 Å². The van der Waals surface area contributed by atoms with Gasteiger partial charge >= 0.3 is 87.5 Å². The van der Waals surface area contributed by atoms with Crippen molar-refractivity contribution in [2.45, 2.75) is 50.4 Å². The topological polar surface area (TPSA) is 9.23 Å². The van der Waals surface area contributed by atoms with Gasteiger partial charge in [-0.15, -0.1) is 0 Å². The average Bonchev–Trinajstić information content (AvgIpc) is 1.85. The molecule has 0 unspecified atom stereocenters. The molecule has 0 spiro atoms. The summed E-state index contributed by atoms with van der Waals surface area (Å²) in [7, 11) is -1.44. The fraction of sp³-hybridized carbons (Fsp3) is 1.00. The van der Waals surface area contributed by atoms with Gasteiger partial charge in [0.1, 0.15) is 0 Å². The number of hydrogen-bond donors (Lipinski definition) is 0. The summed E-state index contributed by atoms with van der Waals surface area (Å²) in [4.78, 5) is 0. The van der Waals surface area contributed by atoms with Crippen LogP contribution >= 0.6 is 0 Å². The van der Waals surface area contributed by atoms with E-state index in [0.29, 0.717) is 5.04 Å². The predicted octanol–water partition coefficient (Wildman–Crippen LogP) is 2.99. The molecule has 0 fully saturated rings. The Morgan fingerprint density at radius 2 is 1.75 bits per heavy atom. The maximum absolute atomic E-state index is 5.97. The minimum atomic E-state index is -1.44. The standard InChI is InChI=1S/C9H21OSi.Li/c1-7-8-10-11(5,6)9(2,3)4;/h1,7-8H2,2-6H3;. The summed E-state index contributed by atoms with van der Waals surface area (Å²) in [6.07, 6.45) is 1.20. The monoisotopic (exact) mass is 180 g/mol. The van der Waals surface area contributed by atoms with Crippen molar-refractivity contribution in [3.63, 3.8) is 0 Å². The summed E-state index contributed by atoms with van der Waals surface area (Å²) in [6.45, 7) is 12.4. The van der Waals surface area contributed by atoms with Gasteiger partial charge in [-0.2, -0.15) is 0 Å². The van der Waals surface area contributed by atoms with E-state index in [2.05, 4.69) is 51.6 Å². The first-order chi connectivity index (χ1) is 5.31. The van der Waals surface area contributed by atoms with Crippen molar-refractivity contribution in [3.8, 4) is 0 Å². The molecule has 0 saturated heterocycles. The summed E-state index contributed by atoms with van der Waals surface area (Å²) < 4.78 is 5.97. The molecule has 12 heavy (non-hydrogen) atoms. The van der Waals surface area contributed by atoms with Crippen LogP contribution < -0.4 is 0 Å². The molecule has 0 aliphatic rings. The summed E-state index contributed by atoms with van der Waals surface area (Å²) in [5.74, 6) is 0. The van der Waals surface area contributed by atoms with E-state index in [1.165, 1.54) is 11.5 Å². The van der Waals surface area contributed by atoms with E-state index < -0.39 is 8.32 Å². The SMILES string of the molecule is [Li][CH2]CCO[Si](C)(C)C(C)(C)C. The molecule has 0 radical (unpaired) electrons. The van der Waals surface area contributed by atoms with Crippen LogP contribution in [0.3, 0.4) is 0 Å². The Balaban J connectivity index is 3.88. The minimum absolute atomic E-state index is 0.362. The van der Waals surface area contributed by atoms with Crippen LogP contribution in [0.5, 0.6) is 0 Å². The van der Waals surface area contributed by atoms with E-state index in [0.717, 1.165) is 6.61 Å². The van der Waals surface area contributed by atoms with Gasteiger partial charge in [0.25, 0.3) is 0 Å². The fourth-order valence-electron chi connectivity index (χ4n) is 0.688. The molecular formula is C9H21LiOSi. The van der Waals surface area contributed by atoms with E-state index in [4.69, 9.17) is 4.43 Å². The molecule has 0 aromatic heterocycles.